The topological polar surface area (TPSA) is 20.2 Å². The van der Waals surface area contributed by atoms with E-state index in [0.29, 0.717) is 6.42 Å². The van der Waals surface area contributed by atoms with Crippen LogP contribution in [0.25, 0.3) is 0 Å². The van der Waals surface area contributed by atoms with Gasteiger partial charge in [0.1, 0.15) is 0 Å². The van der Waals surface area contributed by atoms with Crippen LogP contribution in [0.3, 0.4) is 0 Å². The van der Waals surface area contributed by atoms with E-state index in [0.717, 1.165) is 29.8 Å². The highest BCUT2D eigenvalue weighted by atomic mass is 35.5. The average molecular weight is 227 g/mol. The van der Waals surface area contributed by atoms with Crippen molar-refractivity contribution in [1.82, 2.24) is 0 Å². The second-order valence-electron chi connectivity index (χ2n) is 3.93. The standard InChI is InChI=1S/C13H19ClO/c1-3-5-12(15)8-10-6-7-11(4-2)13(14)9-10/h6-7,9,12,15H,3-5,8H2,1-2H3/t12-/m0/s1. The van der Waals surface area contributed by atoms with Crippen LogP contribution in [0, 0.1) is 0 Å². The third-order valence-corrected chi connectivity index (χ3v) is 2.94. The molecular formula is C13H19ClO. The molecule has 0 unspecified atom stereocenters. The second-order valence-corrected chi connectivity index (χ2v) is 4.33. The van der Waals surface area contributed by atoms with Crippen LogP contribution in [0.5, 0.6) is 0 Å². The van der Waals surface area contributed by atoms with Crippen molar-refractivity contribution >= 4 is 11.6 Å². The van der Waals surface area contributed by atoms with Gasteiger partial charge in [0.2, 0.25) is 0 Å². The summed E-state index contributed by atoms with van der Waals surface area (Å²) in [6.07, 6.45) is 3.29. The third-order valence-electron chi connectivity index (χ3n) is 2.59. The summed E-state index contributed by atoms with van der Waals surface area (Å²) in [6.45, 7) is 4.17. The number of aliphatic hydroxyl groups is 1. The maximum atomic E-state index is 9.68. The maximum Gasteiger partial charge on any atom is 0.0580 e. The molecule has 84 valence electrons. The van der Waals surface area contributed by atoms with E-state index < -0.39 is 0 Å². The lowest BCUT2D eigenvalue weighted by Crippen LogP contribution is -2.09. The number of aryl methyl sites for hydroxylation is 1. The van der Waals surface area contributed by atoms with Crippen molar-refractivity contribution in [2.24, 2.45) is 0 Å². The number of hydrogen-bond donors (Lipinski definition) is 1. The Kier molecular flexibility index (Phi) is 5.13. The molecule has 0 saturated carbocycles. The second kappa shape index (κ2) is 6.14. The monoisotopic (exact) mass is 226 g/mol. The highest BCUT2D eigenvalue weighted by Crippen LogP contribution is 2.19. The number of hydrogen-bond acceptors (Lipinski definition) is 1. The average Bonchev–Trinajstić information content (AvgIpc) is 2.18. The normalized spacial score (nSPS) is 12.8. The quantitative estimate of drug-likeness (QED) is 0.814. The van der Waals surface area contributed by atoms with Gasteiger partial charge in [-0.3, -0.25) is 0 Å². The summed E-state index contributed by atoms with van der Waals surface area (Å²) < 4.78 is 0. The molecular weight excluding hydrogens is 208 g/mol. The van der Waals surface area contributed by atoms with Crippen LogP contribution in [0.1, 0.15) is 37.8 Å². The lowest BCUT2D eigenvalue weighted by Gasteiger charge is -2.10. The first kappa shape index (κ1) is 12.5. The molecule has 0 aliphatic carbocycles. The fraction of sp³-hybridized carbons (Fsp3) is 0.538. The van der Waals surface area contributed by atoms with Crippen LogP contribution < -0.4 is 0 Å². The zero-order chi connectivity index (χ0) is 11.3. The molecule has 0 fully saturated rings. The van der Waals surface area contributed by atoms with Gasteiger partial charge in [-0.05, 0) is 36.5 Å². The summed E-state index contributed by atoms with van der Waals surface area (Å²) >= 11 is 6.11. The Labute approximate surface area is 97.1 Å². The van der Waals surface area contributed by atoms with Crippen molar-refractivity contribution in [2.45, 2.75) is 45.6 Å². The molecule has 0 amide bonds. The Morgan fingerprint density at radius 3 is 2.60 bits per heavy atom. The molecule has 0 aromatic heterocycles. The van der Waals surface area contributed by atoms with Crippen LogP contribution in [-0.4, -0.2) is 11.2 Å². The summed E-state index contributed by atoms with van der Waals surface area (Å²) in [4.78, 5) is 0. The van der Waals surface area contributed by atoms with Crippen LogP contribution in [0.4, 0.5) is 0 Å². The van der Waals surface area contributed by atoms with Crippen molar-refractivity contribution in [3.8, 4) is 0 Å². The van der Waals surface area contributed by atoms with E-state index in [-0.39, 0.29) is 6.10 Å². The molecule has 1 aromatic rings. The fourth-order valence-corrected chi connectivity index (χ4v) is 2.05. The maximum absolute atomic E-state index is 9.68. The van der Waals surface area contributed by atoms with Crippen LogP contribution in [0.2, 0.25) is 5.02 Å². The largest absolute Gasteiger partial charge is 0.393 e. The van der Waals surface area contributed by atoms with E-state index in [1.807, 2.05) is 6.07 Å². The molecule has 1 N–H and O–H groups in total. The number of rotatable bonds is 5. The van der Waals surface area contributed by atoms with E-state index in [1.165, 1.54) is 5.56 Å². The summed E-state index contributed by atoms with van der Waals surface area (Å²) in [6, 6.07) is 6.08. The van der Waals surface area contributed by atoms with Gasteiger partial charge < -0.3 is 5.11 Å². The van der Waals surface area contributed by atoms with Crippen molar-refractivity contribution in [3.05, 3.63) is 34.3 Å². The molecule has 0 bridgehead atoms. The third kappa shape index (κ3) is 3.84. The van der Waals surface area contributed by atoms with E-state index in [2.05, 4.69) is 26.0 Å². The van der Waals surface area contributed by atoms with Crippen LogP contribution >= 0.6 is 11.6 Å². The molecule has 0 heterocycles. The fourth-order valence-electron chi connectivity index (χ4n) is 1.71. The van der Waals surface area contributed by atoms with E-state index >= 15 is 0 Å². The molecule has 0 saturated heterocycles. The van der Waals surface area contributed by atoms with Gasteiger partial charge >= 0.3 is 0 Å². The molecule has 15 heavy (non-hydrogen) atoms. The predicted octanol–water partition coefficient (Wildman–Crippen LogP) is 3.61. The Balaban J connectivity index is 2.66. The lowest BCUT2D eigenvalue weighted by molar-refractivity contribution is 0.164. The Morgan fingerprint density at radius 2 is 2.07 bits per heavy atom. The predicted molar refractivity (Wildman–Crippen MR) is 65.4 cm³/mol. The van der Waals surface area contributed by atoms with Crippen molar-refractivity contribution in [1.29, 1.82) is 0 Å². The zero-order valence-electron chi connectivity index (χ0n) is 9.46. The van der Waals surface area contributed by atoms with Gasteiger partial charge in [0.25, 0.3) is 0 Å². The molecule has 1 aromatic carbocycles. The Morgan fingerprint density at radius 1 is 1.33 bits per heavy atom. The zero-order valence-corrected chi connectivity index (χ0v) is 10.2. The van der Waals surface area contributed by atoms with Crippen molar-refractivity contribution in [3.63, 3.8) is 0 Å². The van der Waals surface area contributed by atoms with Gasteiger partial charge in [-0.1, -0.05) is 44.0 Å². The highest BCUT2D eigenvalue weighted by molar-refractivity contribution is 6.31. The Bertz CT molecular complexity index is 309. The number of halogens is 1. The minimum Gasteiger partial charge on any atom is -0.393 e. The SMILES string of the molecule is CCC[C@H](O)Cc1ccc(CC)c(Cl)c1. The molecule has 0 aliphatic rings. The van der Waals surface area contributed by atoms with Crippen LogP contribution in [0.15, 0.2) is 18.2 Å². The van der Waals surface area contributed by atoms with Crippen molar-refractivity contribution in [2.75, 3.05) is 0 Å². The first-order valence-electron chi connectivity index (χ1n) is 5.62. The van der Waals surface area contributed by atoms with Crippen LogP contribution in [-0.2, 0) is 12.8 Å². The number of benzene rings is 1. The minimum absolute atomic E-state index is 0.237. The van der Waals surface area contributed by atoms with Gasteiger partial charge in [-0.15, -0.1) is 0 Å². The summed E-state index contributed by atoms with van der Waals surface area (Å²) in [5.74, 6) is 0. The molecule has 2 heteroatoms. The number of aliphatic hydroxyl groups excluding tert-OH is 1. The molecule has 1 nitrogen and oxygen atoms in total. The first-order chi connectivity index (χ1) is 7.17. The van der Waals surface area contributed by atoms with Gasteiger partial charge in [0.15, 0.2) is 0 Å². The van der Waals surface area contributed by atoms with E-state index in [9.17, 15) is 5.11 Å². The van der Waals surface area contributed by atoms with Gasteiger partial charge in [-0.2, -0.15) is 0 Å². The minimum atomic E-state index is -0.237. The summed E-state index contributed by atoms with van der Waals surface area (Å²) in [5.41, 5.74) is 2.29. The molecule has 1 rings (SSSR count). The van der Waals surface area contributed by atoms with Crippen molar-refractivity contribution < 1.29 is 5.11 Å². The van der Waals surface area contributed by atoms with E-state index in [1.54, 1.807) is 0 Å². The van der Waals surface area contributed by atoms with Gasteiger partial charge in [-0.25, -0.2) is 0 Å². The van der Waals surface area contributed by atoms with Gasteiger partial charge in [0, 0.05) is 5.02 Å². The first-order valence-corrected chi connectivity index (χ1v) is 6.00. The highest BCUT2D eigenvalue weighted by Gasteiger charge is 2.06. The smallest absolute Gasteiger partial charge is 0.0580 e. The Hall–Kier alpha value is -0.530. The van der Waals surface area contributed by atoms with Gasteiger partial charge in [0.05, 0.1) is 6.10 Å². The molecule has 0 aliphatic heterocycles. The molecule has 0 radical (unpaired) electrons. The molecule has 1 atom stereocenters. The summed E-state index contributed by atoms with van der Waals surface area (Å²) in [5, 5.41) is 10.5. The molecule has 0 spiro atoms. The lowest BCUT2D eigenvalue weighted by atomic mass is 10.0. The summed E-state index contributed by atoms with van der Waals surface area (Å²) in [7, 11) is 0. The van der Waals surface area contributed by atoms with E-state index in [4.69, 9.17) is 11.6 Å².